The number of ether oxygens (including phenoxy) is 2. The number of benzene rings is 1. The molecule has 0 aromatic heterocycles. The van der Waals surface area contributed by atoms with Crippen molar-refractivity contribution in [2.24, 2.45) is 17.8 Å². The molecule has 0 amide bonds. The first-order valence-corrected chi connectivity index (χ1v) is 14.3. The second-order valence-corrected chi connectivity index (χ2v) is 11.3. The summed E-state index contributed by atoms with van der Waals surface area (Å²) >= 11 is 0. The predicted octanol–water partition coefficient (Wildman–Crippen LogP) is 5.76. The number of unbranched alkanes of at least 4 members (excludes halogenated alkanes) is 2. The van der Waals surface area contributed by atoms with Crippen molar-refractivity contribution in [3.8, 4) is 5.75 Å². The summed E-state index contributed by atoms with van der Waals surface area (Å²) in [6.07, 6.45) is 14.8. The van der Waals surface area contributed by atoms with Gasteiger partial charge >= 0.3 is 5.97 Å². The van der Waals surface area contributed by atoms with E-state index in [1.54, 1.807) is 0 Å². The van der Waals surface area contributed by atoms with Crippen LogP contribution >= 0.6 is 0 Å². The quantitative estimate of drug-likeness (QED) is 0.236. The third-order valence-electron chi connectivity index (χ3n) is 8.77. The van der Waals surface area contributed by atoms with Crippen LogP contribution in [0, 0.1) is 17.8 Å². The number of rotatable bonds is 11. The molecule has 2 fully saturated rings. The molecule has 0 spiro atoms. The van der Waals surface area contributed by atoms with E-state index in [9.17, 15) is 15.0 Å². The van der Waals surface area contributed by atoms with Gasteiger partial charge in [0.1, 0.15) is 11.9 Å². The van der Waals surface area contributed by atoms with Crippen molar-refractivity contribution in [2.75, 3.05) is 6.61 Å². The van der Waals surface area contributed by atoms with E-state index in [0.29, 0.717) is 11.8 Å². The van der Waals surface area contributed by atoms with Gasteiger partial charge in [-0.3, -0.25) is 0 Å². The van der Waals surface area contributed by atoms with Crippen molar-refractivity contribution in [3.05, 3.63) is 29.3 Å². The molecule has 196 valence electrons. The third kappa shape index (κ3) is 7.22. The molecule has 0 bridgehead atoms. The summed E-state index contributed by atoms with van der Waals surface area (Å²) in [6, 6.07) is 6.15. The summed E-state index contributed by atoms with van der Waals surface area (Å²) in [7, 11) is 0. The van der Waals surface area contributed by atoms with Gasteiger partial charge in [-0.05, 0) is 99.2 Å². The first-order chi connectivity index (χ1) is 17.0. The molecule has 5 atom stereocenters. The molecule has 0 aliphatic heterocycles. The maximum atomic E-state index is 12.4. The Morgan fingerprint density at radius 1 is 1.09 bits per heavy atom. The average molecular weight is 487 g/mol. The lowest BCUT2D eigenvalue weighted by molar-refractivity contribution is -0.152. The van der Waals surface area contributed by atoms with Gasteiger partial charge in [-0.1, -0.05) is 51.2 Å². The van der Waals surface area contributed by atoms with Crippen molar-refractivity contribution in [1.29, 1.82) is 0 Å². The van der Waals surface area contributed by atoms with Crippen molar-refractivity contribution >= 4 is 5.97 Å². The average Bonchev–Trinajstić information content (AvgIpc) is 2.99. The molecule has 2 N–H and O–H groups in total. The van der Waals surface area contributed by atoms with Crippen molar-refractivity contribution in [3.63, 3.8) is 0 Å². The van der Waals surface area contributed by atoms with Crippen molar-refractivity contribution in [2.45, 2.75) is 122 Å². The summed E-state index contributed by atoms with van der Waals surface area (Å²) < 4.78 is 11.7. The Labute approximate surface area is 211 Å². The van der Waals surface area contributed by atoms with Crippen LogP contribution in [0.15, 0.2) is 18.2 Å². The Morgan fingerprint density at radius 3 is 2.66 bits per heavy atom. The second kappa shape index (κ2) is 13.1. The Kier molecular flexibility index (Phi) is 9.91. The van der Waals surface area contributed by atoms with Crippen LogP contribution in [0.1, 0.15) is 102 Å². The standard InChI is InChI=1S/C30H46O5/c1-2-3-6-11-23(31)15-16-25-26-17-21-10-9-14-29(27(21)18-22(26)19-28(25)32)34-20-30(33)35-24-12-7-4-5-8-13-24/h9-10,14,22-26,28,31-32H,2-8,11-13,15-20H2,1H3/t22-,23-,25+,26-,28+/m0/s1. The van der Waals surface area contributed by atoms with Gasteiger partial charge in [0.25, 0.3) is 0 Å². The van der Waals surface area contributed by atoms with Gasteiger partial charge < -0.3 is 19.7 Å². The Hall–Kier alpha value is -1.59. The van der Waals surface area contributed by atoms with Gasteiger partial charge in [0.15, 0.2) is 6.61 Å². The van der Waals surface area contributed by atoms with E-state index in [1.165, 1.54) is 36.8 Å². The SMILES string of the molecule is CCCCC[C@H](O)CC[C@@H]1[C@H]2Cc3cccc(OCC(=O)OC4CCCCCC4)c3C[C@H]2C[C@H]1O. The van der Waals surface area contributed by atoms with E-state index in [0.717, 1.165) is 76.4 Å². The molecule has 0 unspecified atom stereocenters. The largest absolute Gasteiger partial charge is 0.482 e. The van der Waals surface area contributed by atoms with E-state index in [2.05, 4.69) is 13.0 Å². The molecule has 5 heteroatoms. The van der Waals surface area contributed by atoms with E-state index in [1.807, 2.05) is 12.1 Å². The molecule has 1 aromatic rings. The molecule has 0 heterocycles. The number of esters is 1. The first kappa shape index (κ1) is 26.5. The van der Waals surface area contributed by atoms with Gasteiger partial charge in [0.2, 0.25) is 0 Å². The number of carbonyl (C=O) groups excluding carboxylic acids is 1. The molecule has 2 saturated carbocycles. The van der Waals surface area contributed by atoms with Crippen LogP contribution in [0.4, 0.5) is 0 Å². The van der Waals surface area contributed by atoms with Crippen LogP contribution in [0.3, 0.4) is 0 Å². The van der Waals surface area contributed by atoms with Crippen LogP contribution in [0.2, 0.25) is 0 Å². The lowest BCUT2D eigenvalue weighted by Crippen LogP contribution is -2.28. The summed E-state index contributed by atoms with van der Waals surface area (Å²) in [4.78, 5) is 12.4. The molecular weight excluding hydrogens is 440 g/mol. The highest BCUT2D eigenvalue weighted by atomic mass is 16.6. The Bertz CT molecular complexity index is 800. The molecule has 35 heavy (non-hydrogen) atoms. The van der Waals surface area contributed by atoms with Crippen molar-refractivity contribution in [1.82, 2.24) is 0 Å². The monoisotopic (exact) mass is 486 g/mol. The molecule has 5 nitrogen and oxygen atoms in total. The maximum Gasteiger partial charge on any atom is 0.344 e. The first-order valence-electron chi connectivity index (χ1n) is 14.3. The molecule has 4 rings (SSSR count). The molecule has 3 aliphatic rings. The zero-order valence-electron chi connectivity index (χ0n) is 21.6. The molecule has 0 saturated heterocycles. The second-order valence-electron chi connectivity index (χ2n) is 11.3. The molecule has 0 radical (unpaired) electrons. The van der Waals surface area contributed by atoms with E-state index < -0.39 is 0 Å². The number of carbonyl (C=O) groups is 1. The van der Waals surface area contributed by atoms with Gasteiger partial charge in [-0.2, -0.15) is 0 Å². The minimum absolute atomic E-state index is 0.0395. The summed E-state index contributed by atoms with van der Waals surface area (Å²) in [5.41, 5.74) is 2.48. The number of hydrogen-bond acceptors (Lipinski definition) is 5. The van der Waals surface area contributed by atoms with Gasteiger partial charge in [0.05, 0.1) is 12.2 Å². The Balaban J connectivity index is 1.31. The minimum Gasteiger partial charge on any atom is -0.482 e. The van der Waals surface area contributed by atoms with E-state index >= 15 is 0 Å². The topological polar surface area (TPSA) is 76.0 Å². The maximum absolute atomic E-state index is 12.4. The molecule has 1 aromatic carbocycles. The highest BCUT2D eigenvalue weighted by molar-refractivity contribution is 5.71. The number of aliphatic hydroxyl groups excluding tert-OH is 2. The summed E-state index contributed by atoms with van der Waals surface area (Å²) in [5, 5.41) is 21.3. The van der Waals surface area contributed by atoms with Gasteiger partial charge in [-0.25, -0.2) is 4.79 Å². The van der Waals surface area contributed by atoms with Crippen LogP contribution < -0.4 is 4.74 Å². The predicted molar refractivity (Wildman–Crippen MR) is 137 cm³/mol. The van der Waals surface area contributed by atoms with Crippen LogP contribution in [-0.4, -0.2) is 41.1 Å². The smallest absolute Gasteiger partial charge is 0.344 e. The number of hydrogen-bond donors (Lipinski definition) is 2. The molecule has 3 aliphatic carbocycles. The lowest BCUT2D eigenvalue weighted by atomic mass is 9.73. The fourth-order valence-corrected chi connectivity index (χ4v) is 6.81. The highest BCUT2D eigenvalue weighted by Gasteiger charge is 2.44. The zero-order chi connectivity index (χ0) is 24.6. The van der Waals surface area contributed by atoms with Crippen LogP contribution in [-0.2, 0) is 22.4 Å². The van der Waals surface area contributed by atoms with E-state index in [-0.39, 0.29) is 36.8 Å². The fourth-order valence-electron chi connectivity index (χ4n) is 6.81. The van der Waals surface area contributed by atoms with E-state index in [4.69, 9.17) is 9.47 Å². The fraction of sp³-hybridized carbons (Fsp3) is 0.767. The lowest BCUT2D eigenvalue weighted by Gasteiger charge is -2.32. The number of fused-ring (bicyclic) bond motifs is 2. The number of aliphatic hydroxyl groups is 2. The zero-order valence-corrected chi connectivity index (χ0v) is 21.6. The van der Waals surface area contributed by atoms with Crippen molar-refractivity contribution < 1.29 is 24.5 Å². The third-order valence-corrected chi connectivity index (χ3v) is 8.77. The summed E-state index contributed by atoms with van der Waals surface area (Å²) in [6.45, 7) is 2.14. The normalized spacial score (nSPS) is 27.5. The van der Waals surface area contributed by atoms with Gasteiger partial charge in [0, 0.05) is 0 Å². The minimum atomic E-state index is -0.291. The summed E-state index contributed by atoms with van der Waals surface area (Å²) in [5.74, 6) is 1.67. The highest BCUT2D eigenvalue weighted by Crippen LogP contribution is 2.48. The Morgan fingerprint density at radius 2 is 1.89 bits per heavy atom. The van der Waals surface area contributed by atoms with Crippen LogP contribution in [0.25, 0.3) is 0 Å². The van der Waals surface area contributed by atoms with Gasteiger partial charge in [-0.15, -0.1) is 0 Å². The molecular formula is C30H46O5. The van der Waals surface area contributed by atoms with Crippen LogP contribution in [0.5, 0.6) is 5.75 Å².